The summed E-state index contributed by atoms with van der Waals surface area (Å²) < 4.78 is 15.9. The standard InChI is InChI=1S/C16H20O9/c1-23-9-4-2-8(3-5-12(18)19)6-10(9)24-16-15(22)14(21)13(20)11(7-17)25-16/h2-6,11,13-17,20-22H,7H2,1H3,(H,18,19)/t11-,13-,14+,15-,16+/m1/s1. The second-order valence-electron chi connectivity index (χ2n) is 5.40. The van der Waals surface area contributed by atoms with Crippen LogP contribution in [0.5, 0.6) is 11.5 Å². The highest BCUT2D eigenvalue weighted by Crippen LogP contribution is 2.32. The third kappa shape index (κ3) is 4.47. The Kier molecular flexibility index (Phi) is 6.34. The predicted molar refractivity (Wildman–Crippen MR) is 84.1 cm³/mol. The molecule has 0 bridgehead atoms. The van der Waals surface area contributed by atoms with Crippen LogP contribution in [0.1, 0.15) is 5.56 Å². The first-order valence-electron chi connectivity index (χ1n) is 7.43. The zero-order valence-corrected chi connectivity index (χ0v) is 13.3. The van der Waals surface area contributed by atoms with Gasteiger partial charge in [0.05, 0.1) is 13.7 Å². The highest BCUT2D eigenvalue weighted by Gasteiger charge is 2.44. The maximum Gasteiger partial charge on any atom is 0.328 e. The van der Waals surface area contributed by atoms with Crippen LogP contribution in [0.4, 0.5) is 0 Å². The molecular formula is C16H20O9. The molecule has 5 N–H and O–H groups in total. The summed E-state index contributed by atoms with van der Waals surface area (Å²) >= 11 is 0. The van der Waals surface area contributed by atoms with Gasteiger partial charge in [-0.3, -0.25) is 0 Å². The third-order valence-corrected chi connectivity index (χ3v) is 3.70. The Hall–Kier alpha value is -2.17. The van der Waals surface area contributed by atoms with Gasteiger partial charge in [0.25, 0.3) is 0 Å². The van der Waals surface area contributed by atoms with Gasteiger partial charge in [0.1, 0.15) is 24.4 Å². The van der Waals surface area contributed by atoms with Crippen molar-refractivity contribution in [1.29, 1.82) is 0 Å². The van der Waals surface area contributed by atoms with Crippen LogP contribution in [0.3, 0.4) is 0 Å². The Morgan fingerprint density at radius 3 is 2.52 bits per heavy atom. The number of methoxy groups -OCH3 is 1. The summed E-state index contributed by atoms with van der Waals surface area (Å²) in [5.74, 6) is -0.712. The summed E-state index contributed by atoms with van der Waals surface area (Å²) in [6.07, 6.45) is -4.83. The van der Waals surface area contributed by atoms with Gasteiger partial charge in [-0.2, -0.15) is 0 Å². The first-order valence-corrected chi connectivity index (χ1v) is 7.43. The van der Waals surface area contributed by atoms with Gasteiger partial charge in [-0.25, -0.2) is 4.79 Å². The average Bonchev–Trinajstić information content (AvgIpc) is 2.60. The fraction of sp³-hybridized carbons (Fsp3) is 0.438. The van der Waals surface area contributed by atoms with Crippen molar-refractivity contribution in [3.63, 3.8) is 0 Å². The molecule has 5 atom stereocenters. The number of ether oxygens (including phenoxy) is 3. The van der Waals surface area contributed by atoms with Gasteiger partial charge in [0.2, 0.25) is 6.29 Å². The molecule has 138 valence electrons. The molecule has 1 aliphatic rings. The van der Waals surface area contributed by atoms with Crippen LogP contribution in [-0.2, 0) is 9.53 Å². The van der Waals surface area contributed by atoms with E-state index in [1.54, 1.807) is 6.07 Å². The summed E-state index contributed by atoms with van der Waals surface area (Å²) in [6, 6.07) is 4.58. The number of aliphatic carboxylic acids is 1. The summed E-state index contributed by atoms with van der Waals surface area (Å²) in [6.45, 7) is -0.580. The molecule has 25 heavy (non-hydrogen) atoms. The van der Waals surface area contributed by atoms with E-state index >= 15 is 0 Å². The first-order chi connectivity index (χ1) is 11.9. The average molecular weight is 356 g/mol. The van der Waals surface area contributed by atoms with Gasteiger partial charge >= 0.3 is 5.97 Å². The number of aliphatic hydroxyl groups excluding tert-OH is 4. The van der Waals surface area contributed by atoms with Crippen LogP contribution in [0.2, 0.25) is 0 Å². The second kappa shape index (κ2) is 8.28. The lowest BCUT2D eigenvalue weighted by Crippen LogP contribution is -2.60. The molecule has 1 fully saturated rings. The van der Waals surface area contributed by atoms with E-state index < -0.39 is 43.3 Å². The lowest BCUT2D eigenvalue weighted by molar-refractivity contribution is -0.277. The zero-order chi connectivity index (χ0) is 18.6. The monoisotopic (exact) mass is 356 g/mol. The van der Waals surface area contributed by atoms with E-state index in [0.717, 1.165) is 6.08 Å². The molecule has 0 aliphatic carbocycles. The largest absolute Gasteiger partial charge is 0.493 e. The normalized spacial score (nSPS) is 29.6. The van der Waals surface area contributed by atoms with Gasteiger partial charge in [0.15, 0.2) is 11.5 Å². The minimum absolute atomic E-state index is 0.124. The smallest absolute Gasteiger partial charge is 0.328 e. The van der Waals surface area contributed by atoms with E-state index in [-0.39, 0.29) is 11.5 Å². The number of carbonyl (C=O) groups is 1. The Bertz CT molecular complexity index is 628. The predicted octanol–water partition coefficient (Wildman–Crippen LogP) is -1.03. The number of hydrogen-bond donors (Lipinski definition) is 5. The molecule has 0 unspecified atom stereocenters. The summed E-state index contributed by atoms with van der Waals surface area (Å²) in [5, 5.41) is 47.5. The molecule has 9 nitrogen and oxygen atoms in total. The highest BCUT2D eigenvalue weighted by atomic mass is 16.7. The van der Waals surface area contributed by atoms with Crippen molar-refractivity contribution in [2.24, 2.45) is 0 Å². The van der Waals surface area contributed by atoms with Gasteiger partial charge in [-0.05, 0) is 23.8 Å². The van der Waals surface area contributed by atoms with Crippen LogP contribution in [0.15, 0.2) is 24.3 Å². The van der Waals surface area contributed by atoms with Crippen molar-refractivity contribution in [3.05, 3.63) is 29.8 Å². The number of hydrogen-bond acceptors (Lipinski definition) is 8. The molecule has 0 saturated carbocycles. The maximum atomic E-state index is 10.6. The van der Waals surface area contributed by atoms with Crippen LogP contribution in [0.25, 0.3) is 6.08 Å². The van der Waals surface area contributed by atoms with Crippen molar-refractivity contribution in [1.82, 2.24) is 0 Å². The lowest BCUT2D eigenvalue weighted by Gasteiger charge is -2.39. The number of rotatable bonds is 6. The summed E-state index contributed by atoms with van der Waals surface area (Å²) in [5.41, 5.74) is 0.489. The van der Waals surface area contributed by atoms with Crippen LogP contribution >= 0.6 is 0 Å². The molecule has 1 saturated heterocycles. The number of benzene rings is 1. The van der Waals surface area contributed by atoms with E-state index in [2.05, 4.69) is 0 Å². The van der Waals surface area contributed by atoms with Crippen molar-refractivity contribution in [2.45, 2.75) is 30.7 Å². The fourth-order valence-electron chi connectivity index (χ4n) is 2.35. The van der Waals surface area contributed by atoms with E-state index in [1.165, 1.54) is 25.3 Å². The van der Waals surface area contributed by atoms with Crippen LogP contribution < -0.4 is 9.47 Å². The molecule has 0 radical (unpaired) electrons. The molecule has 0 aromatic heterocycles. The lowest BCUT2D eigenvalue weighted by atomic mass is 9.99. The van der Waals surface area contributed by atoms with E-state index in [9.17, 15) is 25.2 Å². The number of aliphatic hydroxyl groups is 4. The van der Waals surface area contributed by atoms with Crippen molar-refractivity contribution in [2.75, 3.05) is 13.7 Å². The van der Waals surface area contributed by atoms with Crippen LogP contribution in [0, 0.1) is 0 Å². The Balaban J connectivity index is 2.25. The molecule has 1 aromatic rings. The third-order valence-electron chi connectivity index (χ3n) is 3.70. The Morgan fingerprint density at radius 1 is 1.20 bits per heavy atom. The minimum Gasteiger partial charge on any atom is -0.493 e. The van der Waals surface area contributed by atoms with Crippen molar-refractivity contribution >= 4 is 12.0 Å². The van der Waals surface area contributed by atoms with Crippen molar-refractivity contribution < 1.29 is 44.5 Å². The molecule has 0 amide bonds. The highest BCUT2D eigenvalue weighted by molar-refractivity contribution is 5.85. The number of carboxylic acid groups (broad SMARTS) is 1. The Morgan fingerprint density at radius 2 is 1.92 bits per heavy atom. The van der Waals surface area contributed by atoms with Gasteiger partial charge in [-0.15, -0.1) is 0 Å². The molecule has 2 rings (SSSR count). The van der Waals surface area contributed by atoms with E-state index in [0.29, 0.717) is 5.56 Å². The molecule has 1 heterocycles. The topological polar surface area (TPSA) is 146 Å². The van der Waals surface area contributed by atoms with Gasteiger partial charge in [0, 0.05) is 6.08 Å². The quantitative estimate of drug-likeness (QED) is 0.404. The van der Waals surface area contributed by atoms with Gasteiger partial charge in [-0.1, -0.05) is 6.07 Å². The van der Waals surface area contributed by atoms with Gasteiger partial charge < -0.3 is 39.7 Å². The Labute approximate surface area is 143 Å². The summed E-state index contributed by atoms with van der Waals surface area (Å²) in [4.78, 5) is 10.6. The maximum absolute atomic E-state index is 10.6. The molecule has 0 spiro atoms. The zero-order valence-electron chi connectivity index (χ0n) is 13.3. The second-order valence-corrected chi connectivity index (χ2v) is 5.40. The fourth-order valence-corrected chi connectivity index (χ4v) is 2.35. The van der Waals surface area contributed by atoms with Crippen LogP contribution in [-0.4, -0.2) is 75.9 Å². The molecule has 1 aromatic carbocycles. The van der Waals surface area contributed by atoms with E-state index in [1.807, 2.05) is 0 Å². The van der Waals surface area contributed by atoms with E-state index in [4.69, 9.17) is 19.3 Å². The summed E-state index contributed by atoms with van der Waals surface area (Å²) in [7, 11) is 1.39. The first kappa shape index (κ1) is 19.2. The minimum atomic E-state index is -1.57. The molecule has 9 heteroatoms. The van der Waals surface area contributed by atoms with Crippen molar-refractivity contribution in [3.8, 4) is 11.5 Å². The number of carboxylic acids is 1. The molecule has 1 aliphatic heterocycles. The SMILES string of the molecule is COc1ccc(C=CC(=O)O)cc1O[C@H]1O[C@H](CO)[C@@H](O)[C@H](O)[C@H]1O. The molecular weight excluding hydrogens is 336 g/mol.